The number of fused-ring (bicyclic) bond motifs is 1. The lowest BCUT2D eigenvalue weighted by Crippen LogP contribution is -2.23. The third-order valence-electron chi connectivity index (χ3n) is 5.32. The molecule has 0 aliphatic rings. The number of hydrogen-bond acceptors (Lipinski definition) is 5. The van der Waals surface area contributed by atoms with Gasteiger partial charge in [-0.15, -0.1) is 0 Å². The van der Waals surface area contributed by atoms with Crippen LogP contribution in [-0.2, 0) is 19.6 Å². The monoisotopic (exact) mass is 413 g/mol. The molecule has 0 radical (unpaired) electrons. The highest BCUT2D eigenvalue weighted by Gasteiger charge is 2.14. The molecule has 0 amide bonds. The number of benzene rings is 2. The molecule has 158 valence electrons. The first kappa shape index (κ1) is 20.8. The van der Waals surface area contributed by atoms with Crippen molar-refractivity contribution >= 4 is 10.9 Å². The van der Waals surface area contributed by atoms with Gasteiger partial charge in [0, 0.05) is 43.0 Å². The van der Waals surface area contributed by atoms with Gasteiger partial charge in [-0.1, -0.05) is 24.3 Å². The molecule has 4 rings (SSSR count). The number of methoxy groups -OCH3 is 2. The molecular formula is C26H27N3O2. The van der Waals surface area contributed by atoms with Gasteiger partial charge in [0.25, 0.3) is 0 Å². The minimum atomic E-state index is 0.674. The van der Waals surface area contributed by atoms with E-state index in [0.29, 0.717) is 12.4 Å². The molecule has 2 aromatic heterocycles. The Hall–Kier alpha value is -3.44. The minimum absolute atomic E-state index is 0.674. The second-order valence-electron chi connectivity index (χ2n) is 7.70. The van der Waals surface area contributed by atoms with Crippen molar-refractivity contribution in [1.29, 1.82) is 0 Å². The predicted octanol–water partition coefficient (Wildman–Crippen LogP) is 5.16. The summed E-state index contributed by atoms with van der Waals surface area (Å²) >= 11 is 0. The van der Waals surface area contributed by atoms with E-state index in [9.17, 15) is 0 Å². The van der Waals surface area contributed by atoms with E-state index in [0.717, 1.165) is 35.3 Å². The standard InChI is InChI=1S/C26H27N3O2/c1-19-4-7-22-15-23(26(31-3)28-25(22)14-19)18-29(17-21-10-12-27-13-11-21)16-20-5-8-24(30-2)9-6-20/h4-15H,16-18H2,1-3H3. The molecule has 5 nitrogen and oxygen atoms in total. The van der Waals surface area contributed by atoms with Gasteiger partial charge in [0.15, 0.2) is 0 Å². The second kappa shape index (κ2) is 9.58. The fraction of sp³-hybridized carbons (Fsp3) is 0.231. The fourth-order valence-electron chi connectivity index (χ4n) is 3.74. The summed E-state index contributed by atoms with van der Waals surface area (Å²) in [5.74, 6) is 1.53. The fourth-order valence-corrected chi connectivity index (χ4v) is 3.74. The largest absolute Gasteiger partial charge is 0.497 e. The Balaban J connectivity index is 1.64. The van der Waals surface area contributed by atoms with E-state index in [-0.39, 0.29) is 0 Å². The smallest absolute Gasteiger partial charge is 0.218 e. The number of aryl methyl sites for hydroxylation is 1. The number of ether oxygens (including phenoxy) is 2. The highest BCUT2D eigenvalue weighted by atomic mass is 16.5. The van der Waals surface area contributed by atoms with Crippen LogP contribution in [0.5, 0.6) is 11.6 Å². The first-order valence-electron chi connectivity index (χ1n) is 10.3. The van der Waals surface area contributed by atoms with Crippen LogP contribution in [0.25, 0.3) is 10.9 Å². The predicted molar refractivity (Wildman–Crippen MR) is 123 cm³/mol. The third-order valence-corrected chi connectivity index (χ3v) is 5.32. The van der Waals surface area contributed by atoms with Crippen LogP contribution < -0.4 is 9.47 Å². The van der Waals surface area contributed by atoms with Gasteiger partial charge in [0.2, 0.25) is 5.88 Å². The van der Waals surface area contributed by atoms with E-state index < -0.39 is 0 Å². The van der Waals surface area contributed by atoms with Crippen LogP contribution in [0.1, 0.15) is 22.3 Å². The summed E-state index contributed by atoms with van der Waals surface area (Å²) in [7, 11) is 3.37. The normalized spacial score (nSPS) is 11.1. The average Bonchev–Trinajstić information content (AvgIpc) is 2.80. The van der Waals surface area contributed by atoms with Gasteiger partial charge in [-0.25, -0.2) is 4.98 Å². The highest BCUT2D eigenvalue weighted by Crippen LogP contribution is 2.26. The number of hydrogen-bond donors (Lipinski definition) is 0. The van der Waals surface area contributed by atoms with Crippen molar-refractivity contribution < 1.29 is 9.47 Å². The van der Waals surface area contributed by atoms with E-state index in [1.165, 1.54) is 16.7 Å². The lowest BCUT2D eigenvalue weighted by atomic mass is 10.1. The minimum Gasteiger partial charge on any atom is -0.497 e. The highest BCUT2D eigenvalue weighted by molar-refractivity contribution is 5.80. The maximum atomic E-state index is 5.66. The SMILES string of the molecule is COc1ccc(CN(Cc2ccncc2)Cc2cc3ccc(C)cc3nc2OC)cc1. The molecule has 0 fully saturated rings. The van der Waals surface area contributed by atoms with Gasteiger partial charge < -0.3 is 9.47 Å². The third kappa shape index (κ3) is 5.19. The van der Waals surface area contributed by atoms with E-state index >= 15 is 0 Å². The Morgan fingerprint density at radius 3 is 2.16 bits per heavy atom. The van der Waals surface area contributed by atoms with Crippen molar-refractivity contribution in [2.75, 3.05) is 14.2 Å². The molecule has 0 saturated carbocycles. The summed E-state index contributed by atoms with van der Waals surface area (Å²) in [6.07, 6.45) is 3.67. The quantitative estimate of drug-likeness (QED) is 0.399. The van der Waals surface area contributed by atoms with Crippen LogP contribution in [0.4, 0.5) is 0 Å². The molecule has 0 bridgehead atoms. The first-order valence-corrected chi connectivity index (χ1v) is 10.3. The summed E-state index contributed by atoms with van der Waals surface area (Å²) < 4.78 is 11.0. The summed E-state index contributed by atoms with van der Waals surface area (Å²) in [6.45, 7) is 4.38. The van der Waals surface area contributed by atoms with Gasteiger partial charge >= 0.3 is 0 Å². The van der Waals surface area contributed by atoms with Crippen LogP contribution in [0.15, 0.2) is 73.1 Å². The molecule has 2 heterocycles. The summed E-state index contributed by atoms with van der Waals surface area (Å²) in [4.78, 5) is 11.3. The second-order valence-corrected chi connectivity index (χ2v) is 7.70. The molecule has 5 heteroatoms. The van der Waals surface area contributed by atoms with Gasteiger partial charge in [0.1, 0.15) is 5.75 Å². The molecule has 2 aromatic carbocycles. The van der Waals surface area contributed by atoms with Crippen molar-refractivity contribution in [2.45, 2.75) is 26.6 Å². The first-order chi connectivity index (χ1) is 15.1. The van der Waals surface area contributed by atoms with Crippen LogP contribution in [0.2, 0.25) is 0 Å². The molecular weight excluding hydrogens is 386 g/mol. The van der Waals surface area contributed by atoms with Crippen molar-refractivity contribution in [1.82, 2.24) is 14.9 Å². The maximum Gasteiger partial charge on any atom is 0.218 e. The lowest BCUT2D eigenvalue weighted by molar-refractivity contribution is 0.242. The number of pyridine rings is 2. The summed E-state index contributed by atoms with van der Waals surface area (Å²) in [5, 5.41) is 1.12. The number of nitrogens with zero attached hydrogens (tertiary/aromatic N) is 3. The van der Waals surface area contributed by atoms with E-state index in [1.807, 2.05) is 24.5 Å². The zero-order valence-corrected chi connectivity index (χ0v) is 18.2. The molecule has 0 spiro atoms. The molecule has 0 unspecified atom stereocenters. The van der Waals surface area contributed by atoms with Crippen LogP contribution in [-0.4, -0.2) is 29.1 Å². The Kier molecular flexibility index (Phi) is 6.43. The summed E-state index contributed by atoms with van der Waals surface area (Å²) in [5.41, 5.74) is 5.65. The number of aromatic nitrogens is 2. The lowest BCUT2D eigenvalue weighted by Gasteiger charge is -2.24. The van der Waals surface area contributed by atoms with Gasteiger partial charge in [-0.05, 0) is 60.0 Å². The molecule has 0 saturated heterocycles. The Bertz CT molecular complexity index is 1140. The molecule has 0 N–H and O–H groups in total. The molecule has 0 aliphatic heterocycles. The van der Waals surface area contributed by atoms with Gasteiger partial charge in [-0.3, -0.25) is 9.88 Å². The Morgan fingerprint density at radius 2 is 1.48 bits per heavy atom. The van der Waals surface area contributed by atoms with E-state index in [4.69, 9.17) is 14.5 Å². The zero-order chi connectivity index (χ0) is 21.6. The maximum absolute atomic E-state index is 5.66. The van der Waals surface area contributed by atoms with Crippen molar-refractivity contribution in [3.63, 3.8) is 0 Å². The van der Waals surface area contributed by atoms with Crippen LogP contribution in [0.3, 0.4) is 0 Å². The van der Waals surface area contributed by atoms with Crippen molar-refractivity contribution in [3.05, 3.63) is 95.3 Å². The van der Waals surface area contributed by atoms with Gasteiger partial charge in [-0.2, -0.15) is 0 Å². The van der Waals surface area contributed by atoms with E-state index in [1.54, 1.807) is 14.2 Å². The molecule has 31 heavy (non-hydrogen) atoms. The number of rotatable bonds is 8. The Labute approximate surface area is 183 Å². The molecule has 4 aromatic rings. The topological polar surface area (TPSA) is 47.5 Å². The van der Waals surface area contributed by atoms with Crippen molar-refractivity contribution in [3.8, 4) is 11.6 Å². The van der Waals surface area contributed by atoms with Crippen molar-refractivity contribution in [2.24, 2.45) is 0 Å². The van der Waals surface area contributed by atoms with Gasteiger partial charge in [0.05, 0.1) is 19.7 Å². The average molecular weight is 414 g/mol. The van der Waals surface area contributed by atoms with Crippen LogP contribution >= 0.6 is 0 Å². The zero-order valence-electron chi connectivity index (χ0n) is 18.2. The molecule has 0 atom stereocenters. The Morgan fingerprint density at radius 1 is 0.774 bits per heavy atom. The van der Waals surface area contributed by atoms with Crippen LogP contribution in [0, 0.1) is 6.92 Å². The molecule has 0 aliphatic carbocycles. The summed E-state index contributed by atoms with van der Waals surface area (Å²) in [6, 6.07) is 20.8. The van der Waals surface area contributed by atoms with E-state index in [2.05, 4.69) is 65.3 Å².